The van der Waals surface area contributed by atoms with Crippen LogP contribution in [0.5, 0.6) is 11.5 Å². The number of hydrogen-bond acceptors (Lipinski definition) is 4. The van der Waals surface area contributed by atoms with Gasteiger partial charge in [-0.05, 0) is 58.3 Å². The highest BCUT2D eigenvalue weighted by Crippen LogP contribution is 2.30. The van der Waals surface area contributed by atoms with Crippen molar-refractivity contribution in [2.24, 2.45) is 10.9 Å². The number of guanidine groups is 1. The first-order valence-electron chi connectivity index (χ1n) is 9.21. The van der Waals surface area contributed by atoms with Crippen LogP contribution in [0.25, 0.3) is 0 Å². The molecule has 25 heavy (non-hydrogen) atoms. The Hall–Kier alpha value is -1.95. The number of rotatable bonds is 7. The van der Waals surface area contributed by atoms with Gasteiger partial charge in [-0.3, -0.25) is 4.99 Å². The molecule has 1 aliphatic rings. The van der Waals surface area contributed by atoms with Crippen molar-refractivity contribution in [3.8, 4) is 11.5 Å². The third-order valence-corrected chi connectivity index (χ3v) is 4.30. The van der Waals surface area contributed by atoms with Crippen molar-refractivity contribution in [3.63, 3.8) is 0 Å². The Kier molecular flexibility index (Phi) is 7.85. The summed E-state index contributed by atoms with van der Waals surface area (Å²) in [6.45, 7) is 8.64. The molecule has 1 aliphatic heterocycles. The molecule has 6 heteroatoms. The van der Waals surface area contributed by atoms with Gasteiger partial charge in [-0.2, -0.15) is 0 Å². The van der Waals surface area contributed by atoms with Crippen molar-refractivity contribution >= 4 is 11.6 Å². The minimum Gasteiger partial charge on any atom is -0.493 e. The standard InChI is InChI=1S/C19H32N4O2/c1-5-20-19(21-13-15-8-7-11-23(3)14-15)22-16-9-10-17(25-6-2)18(12-16)24-4/h9-10,12,15H,5-8,11,13-14H2,1-4H3,(H2,20,21,22). The van der Waals surface area contributed by atoms with E-state index in [4.69, 9.17) is 14.5 Å². The van der Waals surface area contributed by atoms with Crippen molar-refractivity contribution in [2.45, 2.75) is 26.7 Å². The molecular weight excluding hydrogens is 316 g/mol. The highest BCUT2D eigenvalue weighted by molar-refractivity contribution is 5.93. The molecule has 0 spiro atoms. The van der Waals surface area contributed by atoms with E-state index >= 15 is 0 Å². The fraction of sp³-hybridized carbons (Fsp3) is 0.632. The number of nitrogens with zero attached hydrogens (tertiary/aromatic N) is 2. The Morgan fingerprint density at radius 1 is 1.32 bits per heavy atom. The summed E-state index contributed by atoms with van der Waals surface area (Å²) in [5, 5.41) is 6.68. The first-order chi connectivity index (χ1) is 12.2. The second-order valence-corrected chi connectivity index (χ2v) is 6.41. The molecule has 2 rings (SSSR count). The molecular formula is C19H32N4O2. The fourth-order valence-corrected chi connectivity index (χ4v) is 3.11. The lowest BCUT2D eigenvalue weighted by Crippen LogP contribution is -2.35. The van der Waals surface area contributed by atoms with Crippen molar-refractivity contribution in [1.82, 2.24) is 10.2 Å². The van der Waals surface area contributed by atoms with Gasteiger partial charge in [0.2, 0.25) is 0 Å². The van der Waals surface area contributed by atoms with Gasteiger partial charge < -0.3 is 25.0 Å². The lowest BCUT2D eigenvalue weighted by molar-refractivity contribution is 0.214. The van der Waals surface area contributed by atoms with Crippen LogP contribution < -0.4 is 20.1 Å². The molecule has 0 aromatic heterocycles. The maximum atomic E-state index is 5.57. The number of likely N-dealkylation sites (tertiary alicyclic amines) is 1. The van der Waals surface area contributed by atoms with Crippen LogP contribution in [0.2, 0.25) is 0 Å². The number of piperidine rings is 1. The molecule has 1 heterocycles. The smallest absolute Gasteiger partial charge is 0.195 e. The largest absolute Gasteiger partial charge is 0.493 e. The number of nitrogens with one attached hydrogen (secondary N) is 2. The van der Waals surface area contributed by atoms with Crippen molar-refractivity contribution in [2.75, 3.05) is 52.3 Å². The number of benzene rings is 1. The third-order valence-electron chi connectivity index (χ3n) is 4.30. The first-order valence-corrected chi connectivity index (χ1v) is 9.21. The average Bonchev–Trinajstić information content (AvgIpc) is 2.61. The summed E-state index contributed by atoms with van der Waals surface area (Å²) in [5.41, 5.74) is 0.931. The monoisotopic (exact) mass is 348 g/mol. The van der Waals surface area contributed by atoms with E-state index in [1.54, 1.807) is 7.11 Å². The lowest BCUT2D eigenvalue weighted by Gasteiger charge is -2.28. The predicted molar refractivity (Wildman–Crippen MR) is 104 cm³/mol. The molecule has 0 radical (unpaired) electrons. The minimum atomic E-state index is 0.614. The number of ether oxygens (including phenoxy) is 2. The normalized spacial score (nSPS) is 18.7. The predicted octanol–water partition coefficient (Wildman–Crippen LogP) is 2.81. The van der Waals surface area contributed by atoms with Gasteiger partial charge in [0, 0.05) is 31.4 Å². The molecule has 6 nitrogen and oxygen atoms in total. The molecule has 0 saturated carbocycles. The number of methoxy groups -OCH3 is 1. The molecule has 1 aromatic carbocycles. The zero-order valence-corrected chi connectivity index (χ0v) is 16.0. The Bertz CT molecular complexity index is 562. The topological polar surface area (TPSA) is 58.1 Å². The van der Waals surface area contributed by atoms with Gasteiger partial charge in [0.15, 0.2) is 17.5 Å². The average molecular weight is 348 g/mol. The van der Waals surface area contributed by atoms with Gasteiger partial charge in [-0.15, -0.1) is 0 Å². The Labute approximate surface area is 151 Å². The Morgan fingerprint density at radius 3 is 2.84 bits per heavy atom. The van der Waals surface area contributed by atoms with Crippen molar-refractivity contribution < 1.29 is 9.47 Å². The van der Waals surface area contributed by atoms with Gasteiger partial charge in [0.05, 0.1) is 13.7 Å². The van der Waals surface area contributed by atoms with E-state index in [1.807, 2.05) is 25.1 Å². The van der Waals surface area contributed by atoms with Crippen molar-refractivity contribution in [1.29, 1.82) is 0 Å². The third kappa shape index (κ3) is 6.12. The minimum absolute atomic E-state index is 0.614. The summed E-state index contributed by atoms with van der Waals surface area (Å²) in [6, 6.07) is 5.84. The van der Waals surface area contributed by atoms with E-state index in [2.05, 4.69) is 29.5 Å². The molecule has 0 aliphatic carbocycles. The van der Waals surface area contributed by atoms with E-state index in [-0.39, 0.29) is 0 Å². The van der Waals surface area contributed by atoms with Gasteiger partial charge in [-0.1, -0.05) is 0 Å². The van der Waals surface area contributed by atoms with E-state index in [0.717, 1.165) is 42.8 Å². The van der Waals surface area contributed by atoms with Crippen LogP contribution in [0.3, 0.4) is 0 Å². The first kappa shape index (κ1) is 19.4. The molecule has 2 N–H and O–H groups in total. The second kappa shape index (κ2) is 10.1. The van der Waals surface area contributed by atoms with E-state index < -0.39 is 0 Å². The SMILES string of the molecule is CCNC(=NCC1CCCN(C)C1)Nc1ccc(OCC)c(OC)c1. The van der Waals surface area contributed by atoms with Crippen molar-refractivity contribution in [3.05, 3.63) is 18.2 Å². The number of aliphatic imine (C=N–C) groups is 1. The van der Waals surface area contributed by atoms with E-state index in [9.17, 15) is 0 Å². The molecule has 1 atom stereocenters. The number of anilines is 1. The van der Waals surface area contributed by atoms with E-state index in [1.165, 1.54) is 19.4 Å². The zero-order chi connectivity index (χ0) is 18.1. The van der Waals surface area contributed by atoms with Gasteiger partial charge >= 0.3 is 0 Å². The fourth-order valence-electron chi connectivity index (χ4n) is 3.11. The van der Waals surface area contributed by atoms with E-state index in [0.29, 0.717) is 12.5 Å². The van der Waals surface area contributed by atoms with Crippen LogP contribution >= 0.6 is 0 Å². The van der Waals surface area contributed by atoms with Crippen LogP contribution in [0.15, 0.2) is 23.2 Å². The van der Waals surface area contributed by atoms with Crippen LogP contribution in [0, 0.1) is 5.92 Å². The Morgan fingerprint density at radius 2 is 2.16 bits per heavy atom. The highest BCUT2D eigenvalue weighted by Gasteiger charge is 2.17. The summed E-state index contributed by atoms with van der Waals surface area (Å²) >= 11 is 0. The molecule has 0 bridgehead atoms. The molecule has 1 aromatic rings. The quantitative estimate of drug-likeness (QED) is 0.586. The van der Waals surface area contributed by atoms with Gasteiger partial charge in [0.1, 0.15) is 0 Å². The molecule has 140 valence electrons. The summed E-state index contributed by atoms with van der Waals surface area (Å²) < 4.78 is 11.0. The molecule has 0 amide bonds. The van der Waals surface area contributed by atoms with Gasteiger partial charge in [-0.25, -0.2) is 0 Å². The summed E-state index contributed by atoms with van der Waals surface area (Å²) in [6.07, 6.45) is 2.51. The van der Waals surface area contributed by atoms with Crippen LogP contribution in [0.4, 0.5) is 5.69 Å². The van der Waals surface area contributed by atoms with Crippen LogP contribution in [-0.2, 0) is 0 Å². The molecule has 1 saturated heterocycles. The lowest BCUT2D eigenvalue weighted by atomic mass is 9.99. The Balaban J connectivity index is 2.03. The second-order valence-electron chi connectivity index (χ2n) is 6.41. The maximum absolute atomic E-state index is 5.57. The van der Waals surface area contributed by atoms with Crippen LogP contribution in [0.1, 0.15) is 26.7 Å². The maximum Gasteiger partial charge on any atom is 0.195 e. The summed E-state index contributed by atoms with van der Waals surface area (Å²) in [7, 11) is 3.84. The number of hydrogen-bond donors (Lipinski definition) is 2. The molecule has 1 unspecified atom stereocenters. The van der Waals surface area contributed by atoms with Gasteiger partial charge in [0.25, 0.3) is 0 Å². The summed E-state index contributed by atoms with van der Waals surface area (Å²) in [5.74, 6) is 2.91. The van der Waals surface area contributed by atoms with Crippen LogP contribution in [-0.4, -0.2) is 57.8 Å². The summed E-state index contributed by atoms with van der Waals surface area (Å²) in [4.78, 5) is 7.17. The zero-order valence-electron chi connectivity index (χ0n) is 16.0. The highest BCUT2D eigenvalue weighted by atomic mass is 16.5. The molecule has 1 fully saturated rings.